The summed E-state index contributed by atoms with van der Waals surface area (Å²) in [5.74, 6) is 0.838. The second kappa shape index (κ2) is 9.73. The van der Waals surface area contributed by atoms with E-state index in [0.717, 1.165) is 24.6 Å². The van der Waals surface area contributed by atoms with E-state index in [4.69, 9.17) is 4.99 Å². The lowest BCUT2D eigenvalue weighted by Gasteiger charge is -2.23. The van der Waals surface area contributed by atoms with Gasteiger partial charge in [0.15, 0.2) is 5.96 Å². The number of hydrogen-bond acceptors (Lipinski definition) is 4. The lowest BCUT2D eigenvalue weighted by atomic mass is 10.1. The van der Waals surface area contributed by atoms with Crippen LogP contribution in [0.25, 0.3) is 0 Å². The lowest BCUT2D eigenvalue weighted by molar-refractivity contribution is 0.306. The highest BCUT2D eigenvalue weighted by atomic mass is 15.3. The molecule has 156 valence electrons. The van der Waals surface area contributed by atoms with Gasteiger partial charge in [-0.3, -0.25) is 14.4 Å². The first kappa shape index (κ1) is 21.9. The van der Waals surface area contributed by atoms with E-state index in [1.165, 1.54) is 16.8 Å². The molecule has 2 heterocycles. The molecule has 0 radical (unpaired) electrons. The van der Waals surface area contributed by atoms with E-state index in [9.17, 15) is 0 Å². The van der Waals surface area contributed by atoms with Gasteiger partial charge in [0, 0.05) is 44.1 Å². The van der Waals surface area contributed by atoms with Crippen molar-refractivity contribution < 1.29 is 0 Å². The molecule has 0 aromatic carbocycles. The zero-order valence-corrected chi connectivity index (χ0v) is 18.6. The van der Waals surface area contributed by atoms with E-state index < -0.39 is 0 Å². The fraction of sp³-hybridized carbons (Fsp3) is 0.650. The first-order chi connectivity index (χ1) is 13.2. The predicted octanol–water partition coefficient (Wildman–Crippen LogP) is 1.56. The largest absolute Gasteiger partial charge is 0.357 e. The molecule has 0 amide bonds. The molecule has 0 fully saturated rings. The van der Waals surface area contributed by atoms with Crippen LogP contribution in [0.3, 0.4) is 0 Å². The number of nitrogens with zero attached hydrogens (tertiary/aromatic N) is 6. The van der Waals surface area contributed by atoms with Crippen molar-refractivity contribution in [2.75, 3.05) is 27.2 Å². The summed E-state index contributed by atoms with van der Waals surface area (Å²) < 4.78 is 3.78. The Hall–Kier alpha value is -2.35. The monoisotopic (exact) mass is 388 g/mol. The number of likely N-dealkylation sites (N-methyl/N-ethyl adjacent to an activating group) is 1. The van der Waals surface area contributed by atoms with Gasteiger partial charge in [-0.05, 0) is 53.8 Å². The zero-order chi connectivity index (χ0) is 20.8. The molecule has 2 N–H and O–H groups in total. The van der Waals surface area contributed by atoms with Crippen LogP contribution < -0.4 is 10.6 Å². The van der Waals surface area contributed by atoms with Gasteiger partial charge in [0.2, 0.25) is 0 Å². The number of aliphatic imine (C=N–C) groups is 1. The molecule has 0 saturated heterocycles. The molecule has 0 aliphatic heterocycles. The van der Waals surface area contributed by atoms with Gasteiger partial charge in [-0.15, -0.1) is 0 Å². The van der Waals surface area contributed by atoms with Gasteiger partial charge in [-0.25, -0.2) is 0 Å². The third-order valence-electron chi connectivity index (χ3n) is 5.05. The molecule has 0 bridgehead atoms. The Kier molecular flexibility index (Phi) is 7.62. The van der Waals surface area contributed by atoms with Gasteiger partial charge in [0.05, 0.1) is 24.5 Å². The third kappa shape index (κ3) is 5.58. The van der Waals surface area contributed by atoms with E-state index in [-0.39, 0.29) is 12.1 Å². The number of hydrogen-bond donors (Lipinski definition) is 2. The average molecular weight is 389 g/mol. The quantitative estimate of drug-likeness (QED) is 0.530. The second-order valence-corrected chi connectivity index (χ2v) is 7.67. The molecule has 8 nitrogen and oxygen atoms in total. The van der Waals surface area contributed by atoms with Crippen molar-refractivity contribution in [2.24, 2.45) is 19.1 Å². The van der Waals surface area contributed by atoms with Crippen LogP contribution in [0.5, 0.6) is 0 Å². The molecule has 0 aliphatic carbocycles. The highest BCUT2D eigenvalue weighted by molar-refractivity contribution is 5.80. The first-order valence-electron chi connectivity index (χ1n) is 9.91. The Morgan fingerprint density at radius 3 is 2.50 bits per heavy atom. The molecular weight excluding hydrogens is 352 g/mol. The standard InChI is InChI=1S/C20H36N8/c1-9-21-20(22-12-19(26(5)6)17-11-23-27(7)13-17)24-14(2)10-18-15(3)25-28(8)16(18)4/h11,13-14,19H,9-10,12H2,1-8H3,(H2,21,22,24). The maximum atomic E-state index is 4.85. The molecule has 2 aromatic heterocycles. The second-order valence-electron chi connectivity index (χ2n) is 7.67. The van der Waals surface area contributed by atoms with Crippen molar-refractivity contribution in [3.05, 3.63) is 34.9 Å². The predicted molar refractivity (Wildman–Crippen MR) is 115 cm³/mol. The van der Waals surface area contributed by atoms with Crippen molar-refractivity contribution >= 4 is 5.96 Å². The molecule has 28 heavy (non-hydrogen) atoms. The van der Waals surface area contributed by atoms with Crippen molar-refractivity contribution in [3.63, 3.8) is 0 Å². The van der Waals surface area contributed by atoms with Crippen LogP contribution in [0, 0.1) is 13.8 Å². The first-order valence-corrected chi connectivity index (χ1v) is 9.91. The number of guanidine groups is 1. The van der Waals surface area contributed by atoms with E-state index in [2.05, 4.69) is 73.7 Å². The van der Waals surface area contributed by atoms with Gasteiger partial charge in [0.25, 0.3) is 0 Å². The van der Waals surface area contributed by atoms with Crippen LogP contribution in [-0.2, 0) is 20.5 Å². The summed E-state index contributed by atoms with van der Waals surface area (Å²) in [7, 11) is 8.08. The number of aromatic nitrogens is 4. The zero-order valence-electron chi connectivity index (χ0n) is 18.6. The third-order valence-corrected chi connectivity index (χ3v) is 5.05. The maximum absolute atomic E-state index is 4.85. The summed E-state index contributed by atoms with van der Waals surface area (Å²) in [5, 5.41) is 15.7. The van der Waals surface area contributed by atoms with Gasteiger partial charge < -0.3 is 15.5 Å². The van der Waals surface area contributed by atoms with Crippen molar-refractivity contribution in [2.45, 2.75) is 46.2 Å². The van der Waals surface area contributed by atoms with E-state index >= 15 is 0 Å². The SMILES string of the molecule is CCNC(=NCC(c1cnn(C)c1)N(C)C)NC(C)Cc1c(C)nn(C)c1C. The summed E-state index contributed by atoms with van der Waals surface area (Å²) in [6.07, 6.45) is 4.88. The molecule has 2 atom stereocenters. The average Bonchev–Trinajstić information content (AvgIpc) is 3.13. The minimum Gasteiger partial charge on any atom is -0.357 e. The molecule has 0 spiro atoms. The van der Waals surface area contributed by atoms with Crippen molar-refractivity contribution in [3.8, 4) is 0 Å². The number of rotatable bonds is 8. The summed E-state index contributed by atoms with van der Waals surface area (Å²) in [5.41, 5.74) is 4.79. The molecule has 2 rings (SSSR count). The fourth-order valence-electron chi connectivity index (χ4n) is 3.38. The molecule has 8 heteroatoms. The van der Waals surface area contributed by atoms with Crippen LogP contribution in [0.15, 0.2) is 17.4 Å². The van der Waals surface area contributed by atoms with Crippen LogP contribution in [0.1, 0.15) is 42.4 Å². The van der Waals surface area contributed by atoms with Gasteiger partial charge >= 0.3 is 0 Å². The molecule has 0 saturated carbocycles. The molecule has 0 aliphatic rings. The molecular formula is C20H36N8. The van der Waals surface area contributed by atoms with Gasteiger partial charge in [-0.2, -0.15) is 10.2 Å². The van der Waals surface area contributed by atoms with E-state index in [0.29, 0.717) is 6.54 Å². The Bertz CT molecular complexity index is 786. The maximum Gasteiger partial charge on any atom is 0.191 e. The Labute approximate surface area is 169 Å². The van der Waals surface area contributed by atoms with Gasteiger partial charge in [0.1, 0.15) is 0 Å². The Morgan fingerprint density at radius 2 is 2.00 bits per heavy atom. The van der Waals surface area contributed by atoms with Crippen LogP contribution in [0.2, 0.25) is 0 Å². The van der Waals surface area contributed by atoms with E-state index in [1.807, 2.05) is 29.7 Å². The van der Waals surface area contributed by atoms with Gasteiger partial charge in [-0.1, -0.05) is 0 Å². The van der Waals surface area contributed by atoms with E-state index in [1.54, 1.807) is 0 Å². The Balaban J connectivity index is 2.08. The van der Waals surface area contributed by atoms with Crippen LogP contribution in [0.4, 0.5) is 0 Å². The van der Waals surface area contributed by atoms with Crippen molar-refractivity contribution in [1.29, 1.82) is 0 Å². The van der Waals surface area contributed by atoms with Crippen LogP contribution >= 0.6 is 0 Å². The minimum atomic E-state index is 0.183. The number of nitrogens with one attached hydrogen (secondary N) is 2. The molecule has 2 aromatic rings. The van der Waals surface area contributed by atoms with Crippen molar-refractivity contribution in [1.82, 2.24) is 35.1 Å². The summed E-state index contributed by atoms with van der Waals surface area (Å²) in [4.78, 5) is 7.02. The Morgan fingerprint density at radius 1 is 1.29 bits per heavy atom. The highest BCUT2D eigenvalue weighted by Gasteiger charge is 2.17. The van der Waals surface area contributed by atoms with Crippen LogP contribution in [-0.4, -0.2) is 63.6 Å². The minimum absolute atomic E-state index is 0.183. The summed E-state index contributed by atoms with van der Waals surface area (Å²) >= 11 is 0. The summed E-state index contributed by atoms with van der Waals surface area (Å²) in [6.45, 7) is 9.95. The lowest BCUT2D eigenvalue weighted by Crippen LogP contribution is -2.43. The normalized spacial score (nSPS) is 14.4. The molecule has 2 unspecified atom stereocenters. The smallest absolute Gasteiger partial charge is 0.191 e. The number of aryl methyl sites for hydroxylation is 3. The highest BCUT2D eigenvalue weighted by Crippen LogP contribution is 2.18. The topological polar surface area (TPSA) is 75.3 Å². The summed E-state index contributed by atoms with van der Waals surface area (Å²) in [6, 6.07) is 0.429. The fourth-order valence-corrected chi connectivity index (χ4v) is 3.38.